The number of nitrogens with zero attached hydrogens (tertiary/aromatic N) is 1. The first-order valence-corrected chi connectivity index (χ1v) is 8.95. The summed E-state index contributed by atoms with van der Waals surface area (Å²) in [6.45, 7) is 11.5. The van der Waals surface area contributed by atoms with E-state index in [9.17, 15) is 9.59 Å². The smallest absolute Gasteiger partial charge is 0.315 e. The Balaban J connectivity index is 2.62. The maximum absolute atomic E-state index is 12.3. The Labute approximate surface area is 137 Å². The predicted octanol–water partition coefficient (Wildman–Crippen LogP) is 3.63. The summed E-state index contributed by atoms with van der Waals surface area (Å²) in [7, 11) is 0. The van der Waals surface area contributed by atoms with Crippen molar-refractivity contribution in [1.29, 1.82) is 0 Å². The number of hydrogen-bond donors (Lipinski definition) is 0. The van der Waals surface area contributed by atoms with Crippen molar-refractivity contribution in [2.75, 3.05) is 18.1 Å². The number of aromatic nitrogens is 1. The maximum Gasteiger partial charge on any atom is 0.315 e. The quantitative estimate of drug-likeness (QED) is 0.514. The number of rotatable bonds is 9. The summed E-state index contributed by atoms with van der Waals surface area (Å²) in [4.78, 5) is 23.6. The molecule has 0 amide bonds. The fraction of sp³-hybridized carbons (Fsp3) is 0.647. The maximum atomic E-state index is 12.3. The van der Waals surface area contributed by atoms with Crippen LogP contribution in [0.3, 0.4) is 0 Å². The van der Waals surface area contributed by atoms with Gasteiger partial charge in [-0.05, 0) is 39.2 Å². The molecule has 4 nitrogen and oxygen atoms in total. The molecular formula is C17H27NO3S. The highest BCUT2D eigenvalue weighted by molar-refractivity contribution is 8.00. The van der Waals surface area contributed by atoms with E-state index in [1.807, 2.05) is 19.9 Å². The Morgan fingerprint density at radius 2 is 1.95 bits per heavy atom. The van der Waals surface area contributed by atoms with Crippen LogP contribution in [-0.2, 0) is 16.1 Å². The number of ether oxygens (including phenoxy) is 1. The standard InChI is InChI=1S/C17H27NO3S/c1-6-21-17(20)11-22-10-16(19)15-9-13(4)18(14(15)5)8-7-12(2)3/h9,12H,6-8,10-11H2,1-5H3. The second-order valence-corrected chi connectivity index (χ2v) is 6.83. The predicted molar refractivity (Wildman–Crippen MR) is 91.6 cm³/mol. The lowest BCUT2D eigenvalue weighted by Crippen LogP contribution is -2.11. The fourth-order valence-corrected chi connectivity index (χ4v) is 3.02. The lowest BCUT2D eigenvalue weighted by molar-refractivity contribution is -0.139. The van der Waals surface area contributed by atoms with Gasteiger partial charge in [0.05, 0.1) is 18.1 Å². The van der Waals surface area contributed by atoms with Crippen LogP contribution in [0.1, 0.15) is 48.9 Å². The van der Waals surface area contributed by atoms with Gasteiger partial charge >= 0.3 is 5.97 Å². The molecule has 1 aromatic rings. The topological polar surface area (TPSA) is 48.3 Å². The highest BCUT2D eigenvalue weighted by Crippen LogP contribution is 2.19. The van der Waals surface area contributed by atoms with Crippen molar-refractivity contribution in [2.24, 2.45) is 5.92 Å². The second kappa shape index (κ2) is 9.03. The van der Waals surface area contributed by atoms with Crippen LogP contribution in [0.4, 0.5) is 0 Å². The second-order valence-electron chi connectivity index (χ2n) is 5.84. The molecule has 1 rings (SSSR count). The monoisotopic (exact) mass is 325 g/mol. The first-order chi connectivity index (χ1) is 10.4. The van der Waals surface area contributed by atoms with Crippen LogP contribution in [0.25, 0.3) is 0 Å². The molecule has 0 aliphatic heterocycles. The molecule has 0 aliphatic rings. The average Bonchev–Trinajstić information content (AvgIpc) is 2.72. The van der Waals surface area contributed by atoms with Crippen LogP contribution < -0.4 is 0 Å². The Bertz CT molecular complexity index is 520. The molecule has 1 heterocycles. The molecule has 124 valence electrons. The van der Waals surface area contributed by atoms with Crippen LogP contribution in [0.15, 0.2) is 6.07 Å². The lowest BCUT2D eigenvalue weighted by Gasteiger charge is -2.11. The van der Waals surface area contributed by atoms with E-state index in [1.165, 1.54) is 11.8 Å². The largest absolute Gasteiger partial charge is 0.465 e. The minimum atomic E-state index is -0.261. The van der Waals surface area contributed by atoms with Crippen LogP contribution >= 0.6 is 11.8 Å². The molecular weight excluding hydrogens is 298 g/mol. The summed E-state index contributed by atoms with van der Waals surface area (Å²) in [6.07, 6.45) is 1.10. The van der Waals surface area contributed by atoms with E-state index in [4.69, 9.17) is 4.74 Å². The number of hydrogen-bond acceptors (Lipinski definition) is 4. The molecule has 0 N–H and O–H groups in total. The molecule has 0 aliphatic carbocycles. The van der Waals surface area contributed by atoms with Gasteiger partial charge in [0.2, 0.25) is 0 Å². The van der Waals surface area contributed by atoms with E-state index in [2.05, 4.69) is 18.4 Å². The van der Waals surface area contributed by atoms with Crippen LogP contribution in [-0.4, -0.2) is 34.4 Å². The molecule has 5 heteroatoms. The number of thioether (sulfide) groups is 1. The van der Waals surface area contributed by atoms with Gasteiger partial charge in [-0.15, -0.1) is 11.8 Å². The van der Waals surface area contributed by atoms with Crippen molar-refractivity contribution < 1.29 is 14.3 Å². The van der Waals surface area contributed by atoms with E-state index in [1.54, 1.807) is 6.92 Å². The average molecular weight is 325 g/mol. The fourth-order valence-electron chi connectivity index (χ4n) is 2.32. The van der Waals surface area contributed by atoms with Gasteiger partial charge < -0.3 is 9.30 Å². The van der Waals surface area contributed by atoms with Crippen LogP contribution in [0.5, 0.6) is 0 Å². The molecule has 0 saturated carbocycles. The third-order valence-electron chi connectivity index (χ3n) is 3.56. The van der Waals surface area contributed by atoms with E-state index < -0.39 is 0 Å². The zero-order valence-corrected chi connectivity index (χ0v) is 15.1. The minimum absolute atomic E-state index is 0.0817. The van der Waals surface area contributed by atoms with Gasteiger partial charge in [-0.25, -0.2) is 0 Å². The van der Waals surface area contributed by atoms with Crippen LogP contribution in [0, 0.1) is 19.8 Å². The van der Waals surface area contributed by atoms with Crippen molar-refractivity contribution in [1.82, 2.24) is 4.57 Å². The van der Waals surface area contributed by atoms with Gasteiger partial charge in [0.15, 0.2) is 5.78 Å². The minimum Gasteiger partial charge on any atom is -0.465 e. The summed E-state index contributed by atoms with van der Waals surface area (Å²) in [5.74, 6) is 1.00. The first kappa shape index (κ1) is 18.8. The molecule has 0 aromatic carbocycles. The number of Topliss-reactive ketones (excluding diaryl/α,β-unsaturated/α-hetero) is 1. The normalized spacial score (nSPS) is 11.0. The third-order valence-corrected chi connectivity index (χ3v) is 4.47. The van der Waals surface area contributed by atoms with Gasteiger partial charge in [0.25, 0.3) is 0 Å². The Hall–Kier alpha value is -1.23. The van der Waals surface area contributed by atoms with Crippen molar-refractivity contribution in [3.8, 4) is 0 Å². The Morgan fingerprint density at radius 1 is 1.27 bits per heavy atom. The Morgan fingerprint density at radius 3 is 2.55 bits per heavy atom. The number of ketones is 1. The molecule has 0 atom stereocenters. The molecule has 0 spiro atoms. The van der Waals surface area contributed by atoms with E-state index in [-0.39, 0.29) is 17.5 Å². The van der Waals surface area contributed by atoms with Gasteiger partial charge in [0.1, 0.15) is 0 Å². The SMILES string of the molecule is CCOC(=O)CSCC(=O)c1cc(C)n(CCC(C)C)c1C. The molecule has 22 heavy (non-hydrogen) atoms. The Kier molecular flexibility index (Phi) is 7.73. The number of esters is 1. The van der Waals surface area contributed by atoms with Crippen LogP contribution in [0.2, 0.25) is 0 Å². The molecule has 0 saturated heterocycles. The van der Waals surface area contributed by atoms with Crippen molar-refractivity contribution in [3.63, 3.8) is 0 Å². The third kappa shape index (κ3) is 5.52. The molecule has 0 unspecified atom stereocenters. The molecule has 0 radical (unpaired) electrons. The molecule has 0 fully saturated rings. The summed E-state index contributed by atoms with van der Waals surface area (Å²) < 4.78 is 7.07. The summed E-state index contributed by atoms with van der Waals surface area (Å²) in [6, 6.07) is 1.96. The molecule has 0 bridgehead atoms. The van der Waals surface area contributed by atoms with Crippen molar-refractivity contribution in [2.45, 2.75) is 47.6 Å². The summed E-state index contributed by atoms with van der Waals surface area (Å²) >= 11 is 1.31. The van der Waals surface area contributed by atoms with E-state index >= 15 is 0 Å². The van der Waals surface area contributed by atoms with Gasteiger partial charge in [-0.2, -0.15) is 0 Å². The van der Waals surface area contributed by atoms with E-state index in [0.717, 1.165) is 29.9 Å². The number of aryl methyl sites for hydroxylation is 1. The number of carbonyl (C=O) groups excluding carboxylic acids is 2. The first-order valence-electron chi connectivity index (χ1n) is 7.80. The highest BCUT2D eigenvalue weighted by Gasteiger charge is 2.16. The highest BCUT2D eigenvalue weighted by atomic mass is 32.2. The van der Waals surface area contributed by atoms with Crippen molar-refractivity contribution in [3.05, 3.63) is 23.0 Å². The van der Waals surface area contributed by atoms with Gasteiger partial charge in [-0.3, -0.25) is 9.59 Å². The molecule has 1 aromatic heterocycles. The lowest BCUT2D eigenvalue weighted by atomic mass is 10.1. The summed E-state index contributed by atoms with van der Waals surface area (Å²) in [5.41, 5.74) is 2.93. The van der Waals surface area contributed by atoms with Crippen molar-refractivity contribution >= 4 is 23.5 Å². The van der Waals surface area contributed by atoms with Gasteiger partial charge in [0, 0.05) is 23.5 Å². The number of carbonyl (C=O) groups is 2. The van der Waals surface area contributed by atoms with Gasteiger partial charge in [-0.1, -0.05) is 13.8 Å². The summed E-state index contributed by atoms with van der Waals surface area (Å²) in [5, 5.41) is 0. The van der Waals surface area contributed by atoms with E-state index in [0.29, 0.717) is 18.3 Å². The zero-order chi connectivity index (χ0) is 16.7. The zero-order valence-electron chi connectivity index (χ0n) is 14.3.